The molecule has 1 aliphatic heterocycles. The highest BCUT2D eigenvalue weighted by molar-refractivity contribution is 5.90. The van der Waals surface area contributed by atoms with Crippen LogP contribution in [0.15, 0.2) is 48.8 Å². The number of fused-ring (bicyclic) bond motifs is 1. The van der Waals surface area contributed by atoms with Gasteiger partial charge in [-0.25, -0.2) is 4.98 Å². The zero-order chi connectivity index (χ0) is 18.5. The van der Waals surface area contributed by atoms with Gasteiger partial charge < -0.3 is 19.9 Å². The summed E-state index contributed by atoms with van der Waals surface area (Å²) in [7, 11) is 0. The Bertz CT molecular complexity index is 898. The zero-order valence-corrected chi connectivity index (χ0v) is 15.3. The molecule has 0 radical (unpaired) electrons. The number of hydrogen-bond acceptors (Lipinski definition) is 4. The molecule has 3 heterocycles. The number of para-hydroxylation sites is 1. The third-order valence-electron chi connectivity index (χ3n) is 4.89. The van der Waals surface area contributed by atoms with Crippen LogP contribution in [0.2, 0.25) is 0 Å². The van der Waals surface area contributed by atoms with E-state index in [-0.39, 0.29) is 5.91 Å². The van der Waals surface area contributed by atoms with Gasteiger partial charge in [0.1, 0.15) is 5.82 Å². The van der Waals surface area contributed by atoms with E-state index in [0.717, 1.165) is 56.2 Å². The number of H-pyrrole nitrogens is 1. The Morgan fingerprint density at radius 1 is 1.19 bits per heavy atom. The Kier molecular flexibility index (Phi) is 5.34. The van der Waals surface area contributed by atoms with Crippen molar-refractivity contribution >= 4 is 28.3 Å². The van der Waals surface area contributed by atoms with Crippen molar-refractivity contribution in [2.75, 3.05) is 36.5 Å². The first kappa shape index (κ1) is 17.5. The van der Waals surface area contributed by atoms with Gasteiger partial charge in [-0.2, -0.15) is 0 Å². The van der Waals surface area contributed by atoms with E-state index >= 15 is 0 Å². The van der Waals surface area contributed by atoms with Gasteiger partial charge in [0.15, 0.2) is 0 Å². The fraction of sp³-hybridized carbons (Fsp3) is 0.333. The van der Waals surface area contributed by atoms with Gasteiger partial charge in [-0.1, -0.05) is 18.2 Å². The topological polar surface area (TPSA) is 70.2 Å². The minimum Gasteiger partial charge on any atom is -0.378 e. The number of aromatic nitrogens is 2. The van der Waals surface area contributed by atoms with Crippen molar-refractivity contribution in [3.05, 3.63) is 54.4 Å². The first-order valence-corrected chi connectivity index (χ1v) is 9.43. The summed E-state index contributed by atoms with van der Waals surface area (Å²) in [5.74, 6) is 0.950. The minimum absolute atomic E-state index is 0.0239. The van der Waals surface area contributed by atoms with E-state index in [1.165, 1.54) is 10.9 Å². The number of aromatic amines is 1. The lowest BCUT2D eigenvalue weighted by atomic mass is 10.1. The Labute approximate surface area is 158 Å². The van der Waals surface area contributed by atoms with Crippen LogP contribution < -0.4 is 10.2 Å². The molecule has 3 aromatic rings. The number of morpholine rings is 1. The second-order valence-corrected chi connectivity index (χ2v) is 6.77. The largest absolute Gasteiger partial charge is 0.378 e. The summed E-state index contributed by atoms with van der Waals surface area (Å²) in [6.45, 7) is 3.17. The van der Waals surface area contributed by atoms with E-state index in [0.29, 0.717) is 6.42 Å². The molecule has 0 unspecified atom stereocenters. The molecule has 0 atom stereocenters. The molecule has 0 bridgehead atoms. The standard InChI is InChI=1S/C21H24N4O2/c26-21(7-3-4-16-14-22-19-6-2-1-5-18(16)19)24-17-8-9-20(23-15-17)25-10-12-27-13-11-25/h1-2,5-6,8-9,14-15,22H,3-4,7,10-13H2,(H,24,26). The summed E-state index contributed by atoms with van der Waals surface area (Å²) in [5, 5.41) is 4.17. The van der Waals surface area contributed by atoms with E-state index in [9.17, 15) is 4.79 Å². The molecule has 1 fully saturated rings. The third kappa shape index (κ3) is 4.28. The number of aryl methyl sites for hydroxylation is 1. The molecule has 0 saturated carbocycles. The second kappa shape index (κ2) is 8.22. The van der Waals surface area contributed by atoms with Gasteiger partial charge in [0, 0.05) is 36.6 Å². The van der Waals surface area contributed by atoms with Crippen LogP contribution in [0.3, 0.4) is 0 Å². The third-order valence-corrected chi connectivity index (χ3v) is 4.89. The maximum atomic E-state index is 12.2. The maximum Gasteiger partial charge on any atom is 0.224 e. The highest BCUT2D eigenvalue weighted by Gasteiger charge is 2.12. The number of pyridine rings is 1. The summed E-state index contributed by atoms with van der Waals surface area (Å²) >= 11 is 0. The number of benzene rings is 1. The molecule has 1 aromatic carbocycles. The molecule has 140 valence electrons. The van der Waals surface area contributed by atoms with E-state index in [1.54, 1.807) is 6.20 Å². The predicted octanol–water partition coefficient (Wildman–Crippen LogP) is 3.36. The first-order valence-electron chi connectivity index (χ1n) is 9.43. The molecule has 4 rings (SSSR count). The average molecular weight is 364 g/mol. The Morgan fingerprint density at radius 2 is 2.04 bits per heavy atom. The van der Waals surface area contributed by atoms with Crippen molar-refractivity contribution in [2.45, 2.75) is 19.3 Å². The number of amides is 1. The van der Waals surface area contributed by atoms with Crippen molar-refractivity contribution in [2.24, 2.45) is 0 Å². The number of carbonyl (C=O) groups is 1. The number of ether oxygens (including phenoxy) is 1. The van der Waals surface area contributed by atoms with Crippen LogP contribution in [0.5, 0.6) is 0 Å². The van der Waals surface area contributed by atoms with E-state index < -0.39 is 0 Å². The SMILES string of the molecule is O=C(CCCc1c[nH]c2ccccc12)Nc1ccc(N2CCOCC2)nc1. The van der Waals surface area contributed by atoms with Gasteiger partial charge in [-0.15, -0.1) is 0 Å². The van der Waals surface area contributed by atoms with Crippen LogP contribution in [0.4, 0.5) is 11.5 Å². The van der Waals surface area contributed by atoms with Gasteiger partial charge in [0.05, 0.1) is 25.1 Å². The van der Waals surface area contributed by atoms with Gasteiger partial charge >= 0.3 is 0 Å². The van der Waals surface area contributed by atoms with E-state index in [1.807, 2.05) is 30.5 Å². The van der Waals surface area contributed by atoms with Crippen LogP contribution in [0, 0.1) is 0 Å². The van der Waals surface area contributed by atoms with E-state index in [4.69, 9.17) is 4.74 Å². The van der Waals surface area contributed by atoms with Crippen LogP contribution in [-0.2, 0) is 16.0 Å². The lowest BCUT2D eigenvalue weighted by Crippen LogP contribution is -2.36. The van der Waals surface area contributed by atoms with E-state index in [2.05, 4.69) is 32.3 Å². The fourth-order valence-electron chi connectivity index (χ4n) is 3.44. The average Bonchev–Trinajstić information content (AvgIpc) is 3.12. The van der Waals surface area contributed by atoms with Crippen molar-refractivity contribution in [1.29, 1.82) is 0 Å². The number of nitrogens with zero attached hydrogens (tertiary/aromatic N) is 2. The fourth-order valence-corrected chi connectivity index (χ4v) is 3.44. The quantitative estimate of drug-likeness (QED) is 0.704. The summed E-state index contributed by atoms with van der Waals surface area (Å²) in [4.78, 5) is 22.1. The number of rotatable bonds is 6. The first-order chi connectivity index (χ1) is 13.3. The molecule has 0 aliphatic carbocycles. The Morgan fingerprint density at radius 3 is 2.85 bits per heavy atom. The highest BCUT2D eigenvalue weighted by Crippen LogP contribution is 2.20. The minimum atomic E-state index is 0.0239. The molecule has 2 N–H and O–H groups in total. The lowest BCUT2D eigenvalue weighted by molar-refractivity contribution is -0.116. The Balaban J connectivity index is 1.26. The van der Waals surface area contributed by atoms with Gasteiger partial charge in [-0.05, 0) is 36.6 Å². The molecule has 1 saturated heterocycles. The van der Waals surface area contributed by atoms with Crippen LogP contribution in [0.1, 0.15) is 18.4 Å². The van der Waals surface area contributed by atoms with Crippen LogP contribution >= 0.6 is 0 Å². The molecule has 27 heavy (non-hydrogen) atoms. The van der Waals surface area contributed by atoms with Crippen molar-refractivity contribution in [1.82, 2.24) is 9.97 Å². The summed E-state index contributed by atoms with van der Waals surface area (Å²) < 4.78 is 5.36. The predicted molar refractivity (Wildman–Crippen MR) is 107 cm³/mol. The molecule has 6 heteroatoms. The number of hydrogen-bond donors (Lipinski definition) is 2. The van der Waals surface area contributed by atoms with Crippen molar-refractivity contribution in [3.8, 4) is 0 Å². The molecule has 2 aromatic heterocycles. The molecule has 1 amide bonds. The van der Waals surface area contributed by atoms with Crippen molar-refractivity contribution < 1.29 is 9.53 Å². The number of carbonyl (C=O) groups excluding carboxylic acids is 1. The second-order valence-electron chi connectivity index (χ2n) is 6.77. The van der Waals surface area contributed by atoms with Gasteiger partial charge in [0.2, 0.25) is 5.91 Å². The maximum absolute atomic E-state index is 12.2. The van der Waals surface area contributed by atoms with Gasteiger partial charge in [0.25, 0.3) is 0 Å². The van der Waals surface area contributed by atoms with Crippen LogP contribution in [-0.4, -0.2) is 42.2 Å². The van der Waals surface area contributed by atoms with Crippen LogP contribution in [0.25, 0.3) is 10.9 Å². The molecular formula is C21H24N4O2. The highest BCUT2D eigenvalue weighted by atomic mass is 16.5. The summed E-state index contributed by atoms with van der Waals surface area (Å²) in [6.07, 6.45) is 5.95. The molecule has 6 nitrogen and oxygen atoms in total. The normalized spacial score (nSPS) is 14.4. The molecule has 0 spiro atoms. The molecule has 1 aliphatic rings. The monoisotopic (exact) mass is 364 g/mol. The molecular weight excluding hydrogens is 340 g/mol. The summed E-state index contributed by atoms with van der Waals surface area (Å²) in [5.41, 5.74) is 3.14. The zero-order valence-electron chi connectivity index (χ0n) is 15.3. The summed E-state index contributed by atoms with van der Waals surface area (Å²) in [6, 6.07) is 12.1. The number of anilines is 2. The smallest absolute Gasteiger partial charge is 0.224 e. The lowest BCUT2D eigenvalue weighted by Gasteiger charge is -2.27. The van der Waals surface area contributed by atoms with Gasteiger partial charge in [-0.3, -0.25) is 4.79 Å². The Hall–Kier alpha value is -2.86. The number of nitrogens with one attached hydrogen (secondary N) is 2. The van der Waals surface area contributed by atoms with Crippen molar-refractivity contribution in [3.63, 3.8) is 0 Å².